The fourth-order valence-electron chi connectivity index (χ4n) is 2.53. The van der Waals surface area contributed by atoms with E-state index in [9.17, 15) is 4.79 Å². The number of aromatic amines is 1. The molecule has 1 aromatic heterocycles. The lowest BCUT2D eigenvalue weighted by molar-refractivity contribution is 0.541. The minimum absolute atomic E-state index is 0.115. The Hall–Kier alpha value is -1.45. The van der Waals surface area contributed by atoms with Gasteiger partial charge in [0.25, 0.3) is 5.56 Å². The summed E-state index contributed by atoms with van der Waals surface area (Å²) < 4.78 is 0. The van der Waals surface area contributed by atoms with E-state index in [2.05, 4.69) is 22.1 Å². The van der Waals surface area contributed by atoms with Gasteiger partial charge in [0.05, 0.1) is 5.69 Å². The SMILES string of the molecule is CCN=C1CCC(c2n[nH]c(=O)cc2C)CC1. The van der Waals surface area contributed by atoms with Crippen LogP contribution in [0.4, 0.5) is 0 Å². The summed E-state index contributed by atoms with van der Waals surface area (Å²) in [6.07, 6.45) is 4.33. The van der Waals surface area contributed by atoms with Crippen molar-refractivity contribution in [1.29, 1.82) is 0 Å². The molecule has 0 saturated heterocycles. The number of nitrogens with zero attached hydrogens (tertiary/aromatic N) is 2. The van der Waals surface area contributed by atoms with Crippen molar-refractivity contribution in [3.63, 3.8) is 0 Å². The average Bonchev–Trinajstić information content (AvgIpc) is 2.31. The second-order valence-corrected chi connectivity index (χ2v) is 4.62. The van der Waals surface area contributed by atoms with Gasteiger partial charge in [-0.15, -0.1) is 0 Å². The normalized spacial score (nSPS) is 20.4. The Kier molecular flexibility index (Phi) is 3.71. The predicted octanol–water partition coefficient (Wildman–Crippen LogP) is 2.20. The van der Waals surface area contributed by atoms with Crippen molar-refractivity contribution >= 4 is 5.71 Å². The first-order chi connectivity index (χ1) is 8.20. The summed E-state index contributed by atoms with van der Waals surface area (Å²) in [7, 11) is 0. The lowest BCUT2D eigenvalue weighted by Gasteiger charge is -2.23. The third-order valence-electron chi connectivity index (χ3n) is 3.37. The van der Waals surface area contributed by atoms with Gasteiger partial charge in [-0.2, -0.15) is 5.10 Å². The van der Waals surface area contributed by atoms with Crippen molar-refractivity contribution in [3.05, 3.63) is 27.7 Å². The molecule has 4 heteroatoms. The highest BCUT2D eigenvalue weighted by Crippen LogP contribution is 2.31. The zero-order valence-corrected chi connectivity index (χ0v) is 10.5. The molecule has 0 spiro atoms. The Morgan fingerprint density at radius 2 is 2.18 bits per heavy atom. The van der Waals surface area contributed by atoms with E-state index >= 15 is 0 Å². The summed E-state index contributed by atoms with van der Waals surface area (Å²) in [5, 5.41) is 6.73. The number of rotatable bonds is 2. The van der Waals surface area contributed by atoms with Gasteiger partial charge in [0.1, 0.15) is 0 Å². The van der Waals surface area contributed by atoms with Gasteiger partial charge in [0.15, 0.2) is 0 Å². The molecule has 0 atom stereocenters. The standard InChI is InChI=1S/C13H19N3O/c1-3-14-11-6-4-10(5-7-11)13-9(2)8-12(17)15-16-13/h8,10H,3-7H2,1-2H3,(H,15,17). The van der Waals surface area contributed by atoms with Crippen molar-refractivity contribution in [3.8, 4) is 0 Å². The molecular weight excluding hydrogens is 214 g/mol. The summed E-state index contributed by atoms with van der Waals surface area (Å²) >= 11 is 0. The molecule has 1 aliphatic rings. The fourth-order valence-corrected chi connectivity index (χ4v) is 2.53. The van der Waals surface area contributed by atoms with E-state index in [0.717, 1.165) is 43.5 Å². The molecule has 0 aliphatic heterocycles. The molecule has 92 valence electrons. The molecule has 1 N–H and O–H groups in total. The van der Waals surface area contributed by atoms with Crippen LogP contribution in [0.1, 0.15) is 49.8 Å². The van der Waals surface area contributed by atoms with Crippen LogP contribution in [0.15, 0.2) is 15.9 Å². The maximum absolute atomic E-state index is 11.1. The molecule has 0 aromatic carbocycles. The van der Waals surface area contributed by atoms with Crippen molar-refractivity contribution in [2.24, 2.45) is 4.99 Å². The van der Waals surface area contributed by atoms with E-state index in [0.29, 0.717) is 5.92 Å². The van der Waals surface area contributed by atoms with Crippen LogP contribution < -0.4 is 5.56 Å². The van der Waals surface area contributed by atoms with Crippen LogP contribution in [0.5, 0.6) is 0 Å². The zero-order chi connectivity index (χ0) is 12.3. The predicted molar refractivity (Wildman–Crippen MR) is 68.8 cm³/mol. The number of aromatic nitrogens is 2. The van der Waals surface area contributed by atoms with E-state index in [1.165, 1.54) is 5.71 Å². The maximum atomic E-state index is 11.1. The van der Waals surface area contributed by atoms with Gasteiger partial charge in [-0.05, 0) is 45.1 Å². The van der Waals surface area contributed by atoms with Crippen LogP contribution in [0, 0.1) is 6.92 Å². The minimum atomic E-state index is -0.115. The molecule has 0 radical (unpaired) electrons. The number of hydrogen-bond donors (Lipinski definition) is 1. The van der Waals surface area contributed by atoms with Crippen LogP contribution in [0.3, 0.4) is 0 Å². The fraction of sp³-hybridized carbons (Fsp3) is 0.615. The van der Waals surface area contributed by atoms with Crippen LogP contribution >= 0.6 is 0 Å². The lowest BCUT2D eigenvalue weighted by atomic mass is 9.84. The molecule has 0 unspecified atom stereocenters. The summed E-state index contributed by atoms with van der Waals surface area (Å²) in [5.74, 6) is 0.475. The Labute approximate surface area is 101 Å². The Morgan fingerprint density at radius 1 is 1.47 bits per heavy atom. The highest BCUT2D eigenvalue weighted by molar-refractivity contribution is 5.85. The van der Waals surface area contributed by atoms with E-state index in [-0.39, 0.29) is 5.56 Å². The first kappa shape index (κ1) is 12.0. The van der Waals surface area contributed by atoms with Gasteiger partial charge in [0, 0.05) is 24.2 Å². The Balaban J connectivity index is 2.10. The van der Waals surface area contributed by atoms with Crippen LogP contribution in [0.2, 0.25) is 0 Å². The molecule has 0 amide bonds. The van der Waals surface area contributed by atoms with Crippen LogP contribution in [-0.2, 0) is 0 Å². The molecule has 17 heavy (non-hydrogen) atoms. The second kappa shape index (κ2) is 5.25. The van der Waals surface area contributed by atoms with E-state index < -0.39 is 0 Å². The molecule has 4 nitrogen and oxygen atoms in total. The highest BCUT2D eigenvalue weighted by atomic mass is 16.1. The number of H-pyrrole nitrogens is 1. The summed E-state index contributed by atoms with van der Waals surface area (Å²) in [5.41, 5.74) is 3.29. The lowest BCUT2D eigenvalue weighted by Crippen LogP contribution is -2.18. The summed E-state index contributed by atoms with van der Waals surface area (Å²) in [4.78, 5) is 15.6. The summed E-state index contributed by atoms with van der Waals surface area (Å²) in [6, 6.07) is 1.64. The number of aryl methyl sites for hydroxylation is 1. The average molecular weight is 233 g/mol. The smallest absolute Gasteiger partial charge is 0.264 e. The third kappa shape index (κ3) is 2.81. The van der Waals surface area contributed by atoms with Crippen LogP contribution in [-0.4, -0.2) is 22.5 Å². The second-order valence-electron chi connectivity index (χ2n) is 4.62. The zero-order valence-electron chi connectivity index (χ0n) is 10.5. The molecule has 1 fully saturated rings. The number of aliphatic imine (C=N–C) groups is 1. The summed E-state index contributed by atoms with van der Waals surface area (Å²) in [6.45, 7) is 4.93. The Morgan fingerprint density at radius 3 is 2.76 bits per heavy atom. The first-order valence-electron chi connectivity index (χ1n) is 6.29. The number of hydrogen-bond acceptors (Lipinski definition) is 3. The van der Waals surface area contributed by atoms with Gasteiger partial charge >= 0.3 is 0 Å². The Bertz CT molecular complexity index is 466. The van der Waals surface area contributed by atoms with Crippen LogP contribution in [0.25, 0.3) is 0 Å². The molecule has 1 aromatic rings. The van der Waals surface area contributed by atoms with Crippen molar-refractivity contribution in [2.75, 3.05) is 6.54 Å². The molecule has 2 rings (SSSR count). The first-order valence-corrected chi connectivity index (χ1v) is 6.29. The van der Waals surface area contributed by atoms with Gasteiger partial charge in [-0.1, -0.05) is 0 Å². The van der Waals surface area contributed by atoms with Crippen molar-refractivity contribution in [1.82, 2.24) is 10.2 Å². The van der Waals surface area contributed by atoms with Gasteiger partial charge in [-0.3, -0.25) is 9.79 Å². The van der Waals surface area contributed by atoms with Gasteiger partial charge in [-0.25, -0.2) is 5.10 Å². The van der Waals surface area contributed by atoms with E-state index in [4.69, 9.17) is 0 Å². The maximum Gasteiger partial charge on any atom is 0.264 e. The molecule has 1 aliphatic carbocycles. The van der Waals surface area contributed by atoms with E-state index in [1.807, 2.05) is 6.92 Å². The van der Waals surface area contributed by atoms with Gasteiger partial charge < -0.3 is 0 Å². The third-order valence-corrected chi connectivity index (χ3v) is 3.37. The molecule has 1 saturated carbocycles. The van der Waals surface area contributed by atoms with Crippen molar-refractivity contribution < 1.29 is 0 Å². The topological polar surface area (TPSA) is 58.1 Å². The largest absolute Gasteiger partial charge is 0.294 e. The van der Waals surface area contributed by atoms with Crippen molar-refractivity contribution in [2.45, 2.75) is 45.4 Å². The highest BCUT2D eigenvalue weighted by Gasteiger charge is 2.21. The monoisotopic (exact) mass is 233 g/mol. The van der Waals surface area contributed by atoms with Gasteiger partial charge in [0.2, 0.25) is 0 Å². The molecular formula is C13H19N3O. The minimum Gasteiger partial charge on any atom is -0.294 e. The molecule has 1 heterocycles. The molecule has 0 bridgehead atoms. The quantitative estimate of drug-likeness (QED) is 0.851. The number of nitrogens with one attached hydrogen (secondary N) is 1. The van der Waals surface area contributed by atoms with E-state index in [1.54, 1.807) is 6.07 Å².